The second-order valence-corrected chi connectivity index (χ2v) is 4.74. The van der Waals surface area contributed by atoms with Crippen molar-refractivity contribution in [3.8, 4) is 0 Å². The number of rotatable bonds is 3. The summed E-state index contributed by atoms with van der Waals surface area (Å²) in [6.07, 6.45) is 3.15. The maximum atomic E-state index is 12.4. The maximum absolute atomic E-state index is 12.4. The van der Waals surface area contributed by atoms with Crippen molar-refractivity contribution in [2.75, 3.05) is 36.8 Å². The minimum absolute atomic E-state index is 0.144. The lowest BCUT2D eigenvalue weighted by Gasteiger charge is -2.28. The summed E-state index contributed by atoms with van der Waals surface area (Å²) in [5.41, 5.74) is 6.06. The highest BCUT2D eigenvalue weighted by atomic mass is 16.1. The lowest BCUT2D eigenvalue weighted by atomic mass is 10.1. The molecule has 0 bridgehead atoms. The Kier molecular flexibility index (Phi) is 3.74. The van der Waals surface area contributed by atoms with E-state index in [9.17, 15) is 4.79 Å². The van der Waals surface area contributed by atoms with Crippen LogP contribution in [0.15, 0.2) is 30.6 Å². The summed E-state index contributed by atoms with van der Waals surface area (Å²) in [6, 6.07) is 5.12. The fraction of sp³-hybridized carbons (Fsp3) is 0.286. The zero-order valence-electron chi connectivity index (χ0n) is 11.5. The summed E-state index contributed by atoms with van der Waals surface area (Å²) in [4.78, 5) is 26.9. The van der Waals surface area contributed by atoms with Crippen molar-refractivity contribution in [3.05, 3.63) is 42.0 Å². The molecule has 7 nitrogen and oxygen atoms in total. The first kappa shape index (κ1) is 13.4. The fourth-order valence-corrected chi connectivity index (χ4v) is 2.26. The molecule has 108 valence electrons. The molecule has 2 aromatic heterocycles. The van der Waals surface area contributed by atoms with Gasteiger partial charge in [-0.3, -0.25) is 4.79 Å². The number of ketones is 1. The molecule has 1 fully saturated rings. The molecule has 0 radical (unpaired) electrons. The Hall–Kier alpha value is -2.54. The molecule has 0 aromatic carbocycles. The van der Waals surface area contributed by atoms with Crippen molar-refractivity contribution in [1.29, 1.82) is 0 Å². The van der Waals surface area contributed by atoms with E-state index in [1.54, 1.807) is 24.5 Å². The molecule has 0 amide bonds. The van der Waals surface area contributed by atoms with E-state index < -0.39 is 0 Å². The van der Waals surface area contributed by atoms with Crippen LogP contribution in [0.5, 0.6) is 0 Å². The van der Waals surface area contributed by atoms with Crippen LogP contribution >= 0.6 is 0 Å². The van der Waals surface area contributed by atoms with Gasteiger partial charge in [-0.05, 0) is 18.2 Å². The second-order valence-electron chi connectivity index (χ2n) is 4.74. The van der Waals surface area contributed by atoms with Crippen molar-refractivity contribution >= 4 is 17.4 Å². The summed E-state index contributed by atoms with van der Waals surface area (Å²) in [5.74, 6) is 0.791. The van der Waals surface area contributed by atoms with Gasteiger partial charge in [0, 0.05) is 38.6 Å². The first-order valence-electron chi connectivity index (χ1n) is 6.79. The average Bonchev–Trinajstić information content (AvgIpc) is 2.56. The molecule has 7 heteroatoms. The quantitative estimate of drug-likeness (QED) is 0.771. The summed E-state index contributed by atoms with van der Waals surface area (Å²) >= 11 is 0. The van der Waals surface area contributed by atoms with Crippen LogP contribution in [0.1, 0.15) is 16.2 Å². The number of hydrogen-bond donors (Lipinski definition) is 2. The number of hydrogen-bond acceptors (Lipinski definition) is 7. The Bertz CT molecular complexity index is 653. The van der Waals surface area contributed by atoms with Gasteiger partial charge in [0.2, 0.25) is 11.6 Å². The number of nitrogen functional groups attached to an aromatic ring is 1. The molecule has 21 heavy (non-hydrogen) atoms. The van der Waals surface area contributed by atoms with Crippen LogP contribution in [-0.2, 0) is 0 Å². The highest BCUT2D eigenvalue weighted by Crippen LogP contribution is 2.15. The Labute approximate surface area is 122 Å². The Morgan fingerprint density at radius 1 is 1.19 bits per heavy atom. The minimum atomic E-state index is -0.308. The predicted octanol–water partition coefficient (Wildman–Crippen LogP) is 0.0944. The molecular weight excluding hydrogens is 268 g/mol. The van der Waals surface area contributed by atoms with Crippen molar-refractivity contribution in [2.24, 2.45) is 0 Å². The van der Waals surface area contributed by atoms with Gasteiger partial charge in [-0.2, -0.15) is 0 Å². The Morgan fingerprint density at radius 3 is 2.76 bits per heavy atom. The number of piperazine rings is 1. The van der Waals surface area contributed by atoms with Gasteiger partial charge < -0.3 is 16.0 Å². The fourth-order valence-electron chi connectivity index (χ4n) is 2.26. The molecule has 0 atom stereocenters. The van der Waals surface area contributed by atoms with Gasteiger partial charge in [-0.25, -0.2) is 15.0 Å². The highest BCUT2D eigenvalue weighted by Gasteiger charge is 2.18. The van der Waals surface area contributed by atoms with E-state index in [-0.39, 0.29) is 17.4 Å². The largest absolute Gasteiger partial charge is 0.383 e. The van der Waals surface area contributed by atoms with Gasteiger partial charge in [0.25, 0.3) is 0 Å². The van der Waals surface area contributed by atoms with Gasteiger partial charge in [0.05, 0.1) is 5.56 Å². The van der Waals surface area contributed by atoms with Gasteiger partial charge in [-0.15, -0.1) is 0 Å². The molecule has 3 N–H and O–H groups in total. The van der Waals surface area contributed by atoms with E-state index in [1.165, 1.54) is 0 Å². The second kappa shape index (κ2) is 5.84. The van der Waals surface area contributed by atoms with Crippen LogP contribution in [0.2, 0.25) is 0 Å². The zero-order chi connectivity index (χ0) is 14.7. The summed E-state index contributed by atoms with van der Waals surface area (Å²) in [7, 11) is 0. The molecule has 1 saturated heterocycles. The van der Waals surface area contributed by atoms with Crippen molar-refractivity contribution in [3.63, 3.8) is 0 Å². The zero-order valence-corrected chi connectivity index (χ0v) is 11.5. The van der Waals surface area contributed by atoms with E-state index in [1.807, 2.05) is 6.07 Å². The van der Waals surface area contributed by atoms with Crippen molar-refractivity contribution in [1.82, 2.24) is 20.3 Å². The van der Waals surface area contributed by atoms with E-state index in [2.05, 4.69) is 25.2 Å². The summed E-state index contributed by atoms with van der Waals surface area (Å²) in [6.45, 7) is 3.53. The smallest absolute Gasteiger partial charge is 0.234 e. The van der Waals surface area contributed by atoms with Gasteiger partial charge in [-0.1, -0.05) is 0 Å². The topological polar surface area (TPSA) is 97.0 Å². The van der Waals surface area contributed by atoms with Gasteiger partial charge >= 0.3 is 0 Å². The summed E-state index contributed by atoms with van der Waals surface area (Å²) < 4.78 is 0. The summed E-state index contributed by atoms with van der Waals surface area (Å²) in [5, 5.41) is 3.28. The number of carbonyl (C=O) groups is 1. The number of nitrogens with two attached hydrogens (primary N) is 1. The molecule has 1 aliphatic heterocycles. The Balaban J connectivity index is 1.89. The van der Waals surface area contributed by atoms with Crippen molar-refractivity contribution in [2.45, 2.75) is 0 Å². The third-order valence-corrected chi connectivity index (χ3v) is 3.37. The van der Waals surface area contributed by atoms with Gasteiger partial charge in [0.1, 0.15) is 11.6 Å². The number of nitrogens with zero attached hydrogens (tertiary/aromatic N) is 4. The maximum Gasteiger partial charge on any atom is 0.234 e. The molecule has 0 spiro atoms. The van der Waals surface area contributed by atoms with Crippen molar-refractivity contribution < 1.29 is 4.79 Å². The van der Waals surface area contributed by atoms with Crippen LogP contribution in [0.25, 0.3) is 0 Å². The number of nitrogens with one attached hydrogen (secondary N) is 1. The number of anilines is 2. The van der Waals surface area contributed by atoms with E-state index in [0.717, 1.165) is 32.0 Å². The molecule has 0 aliphatic carbocycles. The van der Waals surface area contributed by atoms with Crippen LogP contribution in [0.4, 0.5) is 11.6 Å². The average molecular weight is 284 g/mol. The van der Waals surface area contributed by atoms with Crippen LogP contribution in [-0.4, -0.2) is 46.9 Å². The standard InChI is InChI=1S/C14H16N6O/c15-13-10(2-1-4-17-13)12(21)14-18-5-3-11(19-14)20-8-6-16-7-9-20/h1-5,16H,6-9H2,(H2,15,17). The van der Waals surface area contributed by atoms with E-state index >= 15 is 0 Å². The molecular formula is C14H16N6O. The van der Waals surface area contributed by atoms with Crippen LogP contribution in [0.3, 0.4) is 0 Å². The SMILES string of the molecule is Nc1ncccc1C(=O)c1nccc(N2CCNCC2)n1. The molecule has 2 aromatic rings. The van der Waals surface area contributed by atoms with E-state index in [0.29, 0.717) is 5.56 Å². The predicted molar refractivity (Wildman–Crippen MR) is 79.2 cm³/mol. The van der Waals surface area contributed by atoms with Gasteiger partial charge in [0.15, 0.2) is 0 Å². The third kappa shape index (κ3) is 2.82. The molecule has 1 aliphatic rings. The third-order valence-electron chi connectivity index (χ3n) is 3.37. The number of pyridine rings is 1. The lowest BCUT2D eigenvalue weighted by Crippen LogP contribution is -2.44. The first-order chi connectivity index (χ1) is 10.3. The molecule has 3 rings (SSSR count). The minimum Gasteiger partial charge on any atom is -0.383 e. The van der Waals surface area contributed by atoms with Crippen LogP contribution in [0, 0.1) is 0 Å². The normalized spacial score (nSPS) is 15.0. The Morgan fingerprint density at radius 2 is 2.00 bits per heavy atom. The number of aromatic nitrogens is 3. The van der Waals surface area contributed by atoms with Crippen LogP contribution < -0.4 is 16.0 Å². The highest BCUT2D eigenvalue weighted by molar-refractivity contribution is 6.09. The monoisotopic (exact) mass is 284 g/mol. The molecule has 0 saturated carbocycles. The lowest BCUT2D eigenvalue weighted by molar-refractivity contribution is 0.103. The van der Waals surface area contributed by atoms with E-state index in [4.69, 9.17) is 5.73 Å². The first-order valence-corrected chi connectivity index (χ1v) is 6.79. The molecule has 3 heterocycles. The molecule has 0 unspecified atom stereocenters. The number of carbonyl (C=O) groups excluding carboxylic acids is 1.